The highest BCUT2D eigenvalue weighted by Gasteiger charge is 2.44. The van der Waals surface area contributed by atoms with Gasteiger partial charge in [0.15, 0.2) is 0 Å². The molecule has 0 aromatic rings. The van der Waals surface area contributed by atoms with Crippen molar-refractivity contribution in [2.75, 3.05) is 6.61 Å². The summed E-state index contributed by atoms with van der Waals surface area (Å²) in [6.45, 7) is 2.37. The third-order valence-corrected chi connectivity index (χ3v) is 3.16. The molecule has 2 heterocycles. The minimum Gasteiger partial charge on any atom is -0.480 e. The van der Waals surface area contributed by atoms with Crippen LogP contribution in [0, 0.1) is 5.92 Å². The number of ether oxygens (including phenoxy) is 1. The van der Waals surface area contributed by atoms with Crippen LogP contribution in [-0.4, -0.2) is 40.8 Å². The molecule has 5 nitrogen and oxygen atoms in total. The van der Waals surface area contributed by atoms with E-state index in [1.54, 1.807) is 0 Å². The molecule has 1 N–H and O–H groups in total. The lowest BCUT2D eigenvalue weighted by Gasteiger charge is -2.26. The third-order valence-electron chi connectivity index (χ3n) is 3.16. The predicted molar refractivity (Wildman–Crippen MR) is 51.0 cm³/mol. The maximum atomic E-state index is 11.9. The summed E-state index contributed by atoms with van der Waals surface area (Å²) in [5.41, 5.74) is 0. The van der Waals surface area contributed by atoms with Crippen molar-refractivity contribution in [2.24, 2.45) is 5.92 Å². The van der Waals surface area contributed by atoms with Gasteiger partial charge in [-0.05, 0) is 19.3 Å². The topological polar surface area (TPSA) is 66.8 Å². The Labute approximate surface area is 88.0 Å². The summed E-state index contributed by atoms with van der Waals surface area (Å²) < 4.78 is 5.49. The number of rotatable bonds is 1. The highest BCUT2D eigenvalue weighted by molar-refractivity contribution is 5.85. The van der Waals surface area contributed by atoms with Crippen molar-refractivity contribution in [3.8, 4) is 0 Å². The van der Waals surface area contributed by atoms with Crippen LogP contribution in [0.2, 0.25) is 0 Å². The molecule has 15 heavy (non-hydrogen) atoms. The minimum absolute atomic E-state index is 0.0811. The lowest BCUT2D eigenvalue weighted by Crippen LogP contribution is -2.46. The van der Waals surface area contributed by atoms with E-state index in [2.05, 4.69) is 0 Å². The summed E-state index contributed by atoms with van der Waals surface area (Å²) >= 11 is 0. The minimum atomic E-state index is -0.927. The van der Waals surface area contributed by atoms with Gasteiger partial charge in [0.05, 0.1) is 0 Å². The number of aliphatic carboxylic acids is 1. The standard InChI is InChI=1S/C10H15NO4/c1-6-4-5-15-8-3-2-7(10(13)14)11(8)9(6)12/h6-8H,2-5H2,1H3,(H,13,14)/t6-,7-,8-/m0/s1. The van der Waals surface area contributed by atoms with Gasteiger partial charge in [0.1, 0.15) is 12.3 Å². The van der Waals surface area contributed by atoms with Crippen LogP contribution in [0.25, 0.3) is 0 Å². The largest absolute Gasteiger partial charge is 0.480 e. The van der Waals surface area contributed by atoms with Crippen molar-refractivity contribution in [2.45, 2.75) is 38.5 Å². The van der Waals surface area contributed by atoms with Gasteiger partial charge in [-0.1, -0.05) is 6.92 Å². The molecular weight excluding hydrogens is 198 g/mol. The van der Waals surface area contributed by atoms with E-state index in [1.807, 2.05) is 6.92 Å². The van der Waals surface area contributed by atoms with Gasteiger partial charge in [-0.15, -0.1) is 0 Å². The van der Waals surface area contributed by atoms with E-state index >= 15 is 0 Å². The van der Waals surface area contributed by atoms with Crippen LogP contribution < -0.4 is 0 Å². The first kappa shape index (κ1) is 10.4. The van der Waals surface area contributed by atoms with Crippen LogP contribution in [0.15, 0.2) is 0 Å². The molecule has 0 aromatic heterocycles. The molecule has 1 amide bonds. The van der Waals surface area contributed by atoms with Crippen molar-refractivity contribution in [1.29, 1.82) is 0 Å². The molecule has 0 aromatic carbocycles. The fraction of sp³-hybridized carbons (Fsp3) is 0.800. The molecule has 2 aliphatic rings. The van der Waals surface area contributed by atoms with Gasteiger partial charge in [-0.2, -0.15) is 0 Å². The number of carbonyl (C=O) groups excluding carboxylic acids is 1. The maximum absolute atomic E-state index is 11.9. The SMILES string of the molecule is C[C@H]1CCO[C@H]2CC[C@@H](C(=O)O)N2C1=O. The fourth-order valence-corrected chi connectivity index (χ4v) is 2.24. The van der Waals surface area contributed by atoms with Crippen LogP contribution in [0.3, 0.4) is 0 Å². The first-order valence-corrected chi connectivity index (χ1v) is 5.28. The molecule has 0 saturated carbocycles. The number of carboxylic acid groups (broad SMARTS) is 1. The monoisotopic (exact) mass is 213 g/mol. The Morgan fingerprint density at radius 1 is 1.47 bits per heavy atom. The summed E-state index contributed by atoms with van der Waals surface area (Å²) in [4.78, 5) is 24.3. The Bertz CT molecular complexity index is 291. The molecule has 0 spiro atoms. The molecule has 0 aliphatic carbocycles. The molecular formula is C10H15NO4. The van der Waals surface area contributed by atoms with E-state index in [1.165, 1.54) is 4.90 Å². The van der Waals surface area contributed by atoms with E-state index in [0.29, 0.717) is 25.9 Å². The number of amides is 1. The van der Waals surface area contributed by atoms with Gasteiger partial charge >= 0.3 is 5.97 Å². The number of carbonyl (C=O) groups is 2. The molecule has 2 rings (SSSR count). The van der Waals surface area contributed by atoms with Crippen molar-refractivity contribution >= 4 is 11.9 Å². The van der Waals surface area contributed by atoms with E-state index in [-0.39, 0.29) is 18.1 Å². The van der Waals surface area contributed by atoms with Gasteiger partial charge in [-0.25, -0.2) is 4.79 Å². The lowest BCUT2D eigenvalue weighted by molar-refractivity contribution is -0.156. The van der Waals surface area contributed by atoms with Crippen molar-refractivity contribution in [3.63, 3.8) is 0 Å². The Kier molecular flexibility index (Phi) is 2.65. The van der Waals surface area contributed by atoms with E-state index in [9.17, 15) is 9.59 Å². The summed E-state index contributed by atoms with van der Waals surface area (Å²) in [5.74, 6) is -1.14. The second kappa shape index (κ2) is 3.81. The van der Waals surface area contributed by atoms with Crippen LogP contribution in [0.4, 0.5) is 0 Å². The average molecular weight is 213 g/mol. The Morgan fingerprint density at radius 2 is 2.20 bits per heavy atom. The van der Waals surface area contributed by atoms with Crippen molar-refractivity contribution < 1.29 is 19.4 Å². The van der Waals surface area contributed by atoms with Crippen LogP contribution in [0.5, 0.6) is 0 Å². The van der Waals surface area contributed by atoms with Gasteiger partial charge in [0.2, 0.25) is 5.91 Å². The molecule has 0 bridgehead atoms. The Morgan fingerprint density at radius 3 is 2.87 bits per heavy atom. The fourth-order valence-electron chi connectivity index (χ4n) is 2.24. The number of carboxylic acids is 1. The number of hydrogen-bond acceptors (Lipinski definition) is 3. The molecule has 84 valence electrons. The van der Waals surface area contributed by atoms with Gasteiger partial charge in [0, 0.05) is 12.5 Å². The zero-order chi connectivity index (χ0) is 11.0. The first-order valence-electron chi connectivity index (χ1n) is 5.28. The molecule has 0 radical (unpaired) electrons. The first-order chi connectivity index (χ1) is 7.11. The molecule has 2 saturated heterocycles. The van der Waals surface area contributed by atoms with Crippen LogP contribution in [0.1, 0.15) is 26.2 Å². The maximum Gasteiger partial charge on any atom is 0.326 e. The zero-order valence-corrected chi connectivity index (χ0v) is 8.68. The van der Waals surface area contributed by atoms with Crippen molar-refractivity contribution in [1.82, 2.24) is 4.90 Å². The quantitative estimate of drug-likeness (QED) is 0.686. The van der Waals surface area contributed by atoms with E-state index < -0.39 is 12.0 Å². The number of nitrogens with zero attached hydrogens (tertiary/aromatic N) is 1. The summed E-state index contributed by atoms with van der Waals surface area (Å²) in [6.07, 6.45) is 1.50. The van der Waals surface area contributed by atoms with Gasteiger partial charge < -0.3 is 14.7 Å². The average Bonchev–Trinajstić information content (AvgIpc) is 2.55. The Hall–Kier alpha value is -1.10. The smallest absolute Gasteiger partial charge is 0.326 e. The predicted octanol–water partition coefficient (Wildman–Crippen LogP) is 0.444. The summed E-state index contributed by atoms with van der Waals surface area (Å²) in [7, 11) is 0. The van der Waals surface area contributed by atoms with E-state index in [0.717, 1.165) is 0 Å². The highest BCUT2D eigenvalue weighted by Crippen LogP contribution is 2.30. The molecule has 2 aliphatic heterocycles. The number of hydrogen-bond donors (Lipinski definition) is 1. The normalized spacial score (nSPS) is 36.2. The van der Waals surface area contributed by atoms with Crippen LogP contribution in [-0.2, 0) is 14.3 Å². The van der Waals surface area contributed by atoms with Crippen molar-refractivity contribution in [3.05, 3.63) is 0 Å². The van der Waals surface area contributed by atoms with E-state index in [4.69, 9.17) is 9.84 Å². The Balaban J connectivity index is 2.23. The van der Waals surface area contributed by atoms with Gasteiger partial charge in [0.25, 0.3) is 0 Å². The second-order valence-corrected chi connectivity index (χ2v) is 4.19. The summed E-state index contributed by atoms with van der Waals surface area (Å²) in [6, 6.07) is -0.692. The van der Waals surface area contributed by atoms with Crippen LogP contribution >= 0.6 is 0 Å². The zero-order valence-electron chi connectivity index (χ0n) is 8.68. The molecule has 5 heteroatoms. The molecule has 3 atom stereocenters. The van der Waals surface area contributed by atoms with Gasteiger partial charge in [-0.3, -0.25) is 4.79 Å². The highest BCUT2D eigenvalue weighted by atomic mass is 16.5. The molecule has 2 fully saturated rings. The molecule has 0 unspecified atom stereocenters. The third kappa shape index (κ3) is 1.71. The second-order valence-electron chi connectivity index (χ2n) is 4.19. The lowest BCUT2D eigenvalue weighted by atomic mass is 10.1. The summed E-state index contributed by atoms with van der Waals surface area (Å²) in [5, 5.41) is 9.00. The number of fused-ring (bicyclic) bond motifs is 1.